The molecule has 0 saturated heterocycles. The maximum atomic E-state index is 8.53. The summed E-state index contributed by atoms with van der Waals surface area (Å²) in [6.07, 6.45) is 2.15. The molecule has 0 aliphatic carbocycles. The van der Waals surface area contributed by atoms with Crippen LogP contribution in [0.2, 0.25) is 0 Å². The smallest absolute Gasteiger partial charge is 0.132 e. The number of rotatable bonds is 2. The van der Waals surface area contributed by atoms with Crippen molar-refractivity contribution >= 4 is 5.82 Å². The number of hydrogen-bond acceptors (Lipinski definition) is 3. The Morgan fingerprint density at radius 3 is 2.92 bits per heavy atom. The van der Waals surface area contributed by atoms with Gasteiger partial charge in [-0.2, -0.15) is 5.26 Å². The lowest BCUT2D eigenvalue weighted by Crippen LogP contribution is -2.12. The van der Waals surface area contributed by atoms with Crippen molar-refractivity contribution in [3.05, 3.63) is 23.9 Å². The molecule has 1 aromatic heterocycles. The fourth-order valence-corrected chi connectivity index (χ4v) is 1.06. The predicted molar refractivity (Wildman–Crippen MR) is 47.9 cm³/mol. The quantitative estimate of drug-likeness (QED) is 0.654. The van der Waals surface area contributed by atoms with Crippen molar-refractivity contribution in [3.8, 4) is 6.07 Å². The zero-order chi connectivity index (χ0) is 8.97. The summed E-state index contributed by atoms with van der Waals surface area (Å²) in [5.74, 6) is 0.874. The molecule has 3 nitrogen and oxygen atoms in total. The first-order valence-electron chi connectivity index (χ1n) is 3.74. The van der Waals surface area contributed by atoms with Crippen LogP contribution >= 0.6 is 0 Å². The van der Waals surface area contributed by atoms with Gasteiger partial charge in [0.25, 0.3) is 0 Å². The fraction of sp³-hybridized carbons (Fsp3) is 0.333. The lowest BCUT2D eigenvalue weighted by Gasteiger charge is -2.13. The Morgan fingerprint density at radius 2 is 2.33 bits per heavy atom. The molecule has 1 aromatic rings. The van der Waals surface area contributed by atoms with Gasteiger partial charge in [0.05, 0.1) is 12.5 Å². The van der Waals surface area contributed by atoms with Gasteiger partial charge in [-0.05, 0) is 6.07 Å². The topological polar surface area (TPSA) is 39.9 Å². The molecule has 0 aliphatic rings. The van der Waals surface area contributed by atoms with E-state index < -0.39 is 0 Å². The van der Waals surface area contributed by atoms with Crippen molar-refractivity contribution in [1.29, 1.82) is 5.26 Å². The highest BCUT2D eigenvalue weighted by Crippen LogP contribution is 2.13. The van der Waals surface area contributed by atoms with Gasteiger partial charge in [-0.15, -0.1) is 0 Å². The van der Waals surface area contributed by atoms with Crippen LogP contribution in [0.1, 0.15) is 5.56 Å². The highest BCUT2D eigenvalue weighted by Gasteiger charge is 2.03. The Labute approximate surface area is 72.3 Å². The first kappa shape index (κ1) is 8.54. The molecule has 0 aliphatic heterocycles. The second-order valence-electron chi connectivity index (χ2n) is 2.72. The molecule has 3 heteroatoms. The van der Waals surface area contributed by atoms with Crippen LogP contribution in [0, 0.1) is 11.3 Å². The molecule has 62 valence electrons. The first-order valence-corrected chi connectivity index (χ1v) is 3.74. The van der Waals surface area contributed by atoms with E-state index in [1.807, 2.05) is 31.1 Å². The first-order chi connectivity index (χ1) is 5.75. The largest absolute Gasteiger partial charge is 0.362 e. The van der Waals surface area contributed by atoms with Crippen LogP contribution in [0.5, 0.6) is 0 Å². The van der Waals surface area contributed by atoms with E-state index in [4.69, 9.17) is 5.26 Å². The summed E-state index contributed by atoms with van der Waals surface area (Å²) < 4.78 is 0. The molecule has 12 heavy (non-hydrogen) atoms. The van der Waals surface area contributed by atoms with Crippen LogP contribution < -0.4 is 4.90 Å². The van der Waals surface area contributed by atoms with E-state index in [-0.39, 0.29) is 0 Å². The molecule has 0 bridgehead atoms. The van der Waals surface area contributed by atoms with Crippen molar-refractivity contribution in [2.75, 3.05) is 19.0 Å². The van der Waals surface area contributed by atoms with Crippen molar-refractivity contribution in [3.63, 3.8) is 0 Å². The molecule has 0 radical (unpaired) electrons. The normalized spacial score (nSPS) is 9.08. The predicted octanol–water partition coefficient (Wildman–Crippen LogP) is 1.21. The molecule has 0 spiro atoms. The Hall–Kier alpha value is -1.56. The average molecular weight is 161 g/mol. The number of pyridine rings is 1. The summed E-state index contributed by atoms with van der Waals surface area (Å²) in [5, 5.41) is 8.53. The number of anilines is 1. The van der Waals surface area contributed by atoms with Crippen LogP contribution in [-0.2, 0) is 6.42 Å². The standard InChI is InChI=1S/C9H11N3/c1-12(2)9-8(5-6-10)4-3-7-11-9/h3-4,7H,5H2,1-2H3. The van der Waals surface area contributed by atoms with Gasteiger partial charge in [0.15, 0.2) is 0 Å². The van der Waals surface area contributed by atoms with Crippen LogP contribution in [0.15, 0.2) is 18.3 Å². The highest BCUT2D eigenvalue weighted by molar-refractivity contribution is 5.46. The van der Waals surface area contributed by atoms with Gasteiger partial charge >= 0.3 is 0 Å². The van der Waals surface area contributed by atoms with E-state index >= 15 is 0 Å². The van der Waals surface area contributed by atoms with Gasteiger partial charge in [-0.1, -0.05) is 6.07 Å². The van der Waals surface area contributed by atoms with E-state index in [0.717, 1.165) is 11.4 Å². The maximum Gasteiger partial charge on any atom is 0.132 e. The van der Waals surface area contributed by atoms with Gasteiger partial charge in [0, 0.05) is 25.9 Å². The molecule has 0 unspecified atom stereocenters. The van der Waals surface area contributed by atoms with Crippen molar-refractivity contribution < 1.29 is 0 Å². The Morgan fingerprint density at radius 1 is 1.58 bits per heavy atom. The van der Waals surface area contributed by atoms with E-state index in [0.29, 0.717) is 6.42 Å². The Balaban J connectivity index is 3.02. The number of nitriles is 1. The zero-order valence-corrected chi connectivity index (χ0v) is 7.28. The molecule has 1 rings (SSSR count). The minimum Gasteiger partial charge on any atom is -0.362 e. The van der Waals surface area contributed by atoms with Gasteiger partial charge in [-0.3, -0.25) is 0 Å². The lowest BCUT2D eigenvalue weighted by atomic mass is 10.2. The second kappa shape index (κ2) is 3.72. The minimum atomic E-state index is 0.418. The number of hydrogen-bond donors (Lipinski definition) is 0. The van der Waals surface area contributed by atoms with Gasteiger partial charge in [-0.25, -0.2) is 4.98 Å². The van der Waals surface area contributed by atoms with Crippen LogP contribution in [0.25, 0.3) is 0 Å². The summed E-state index contributed by atoms with van der Waals surface area (Å²) in [4.78, 5) is 6.08. The van der Waals surface area contributed by atoms with E-state index in [9.17, 15) is 0 Å². The molecular formula is C9H11N3. The Kier molecular flexibility index (Phi) is 2.65. The molecule has 1 heterocycles. The summed E-state index contributed by atoms with van der Waals surface area (Å²) in [7, 11) is 3.84. The van der Waals surface area contributed by atoms with Crippen molar-refractivity contribution in [2.45, 2.75) is 6.42 Å². The van der Waals surface area contributed by atoms with Crippen LogP contribution in [-0.4, -0.2) is 19.1 Å². The molecule has 0 saturated carbocycles. The van der Waals surface area contributed by atoms with E-state index in [2.05, 4.69) is 11.1 Å². The summed E-state index contributed by atoms with van der Waals surface area (Å²) in [6, 6.07) is 5.88. The van der Waals surface area contributed by atoms with Gasteiger partial charge in [0.2, 0.25) is 0 Å². The van der Waals surface area contributed by atoms with Crippen LogP contribution in [0.4, 0.5) is 5.82 Å². The third-order valence-corrected chi connectivity index (χ3v) is 1.56. The Bertz CT molecular complexity index is 299. The number of nitrogens with zero attached hydrogens (tertiary/aromatic N) is 3. The van der Waals surface area contributed by atoms with Crippen molar-refractivity contribution in [1.82, 2.24) is 4.98 Å². The van der Waals surface area contributed by atoms with Gasteiger partial charge in [0.1, 0.15) is 5.82 Å². The lowest BCUT2D eigenvalue weighted by molar-refractivity contribution is 1.03. The average Bonchev–Trinajstić information content (AvgIpc) is 2.05. The molecule has 0 N–H and O–H groups in total. The number of aromatic nitrogens is 1. The van der Waals surface area contributed by atoms with Gasteiger partial charge < -0.3 is 4.90 Å². The molecule has 0 aromatic carbocycles. The summed E-state index contributed by atoms with van der Waals surface area (Å²) >= 11 is 0. The molecule has 0 fully saturated rings. The van der Waals surface area contributed by atoms with Crippen molar-refractivity contribution in [2.24, 2.45) is 0 Å². The highest BCUT2D eigenvalue weighted by atomic mass is 15.1. The molecule has 0 atom stereocenters. The van der Waals surface area contributed by atoms with E-state index in [1.54, 1.807) is 6.20 Å². The second-order valence-corrected chi connectivity index (χ2v) is 2.72. The third-order valence-electron chi connectivity index (χ3n) is 1.56. The summed E-state index contributed by atoms with van der Waals surface area (Å²) in [6.45, 7) is 0. The SMILES string of the molecule is CN(C)c1ncccc1CC#N. The minimum absolute atomic E-state index is 0.418. The fourth-order valence-electron chi connectivity index (χ4n) is 1.06. The zero-order valence-electron chi connectivity index (χ0n) is 7.28. The third kappa shape index (κ3) is 1.73. The molecule has 0 amide bonds. The maximum absolute atomic E-state index is 8.53. The van der Waals surface area contributed by atoms with Crippen LogP contribution in [0.3, 0.4) is 0 Å². The molecular weight excluding hydrogens is 150 g/mol. The summed E-state index contributed by atoms with van der Waals surface area (Å²) in [5.41, 5.74) is 0.977. The monoisotopic (exact) mass is 161 g/mol. The van der Waals surface area contributed by atoms with E-state index in [1.165, 1.54) is 0 Å².